The van der Waals surface area contributed by atoms with Crippen molar-refractivity contribution in [3.05, 3.63) is 0 Å². The lowest BCUT2D eigenvalue weighted by Crippen LogP contribution is -2.62. The Morgan fingerprint density at radius 1 is 1.15 bits per heavy atom. The summed E-state index contributed by atoms with van der Waals surface area (Å²) in [6.07, 6.45) is -9.71. The molecule has 0 saturated carbocycles. The summed E-state index contributed by atoms with van der Waals surface area (Å²) in [4.78, 5) is 22.8. The number of amides is 2. The van der Waals surface area contributed by atoms with Crippen LogP contribution in [-0.2, 0) is 9.59 Å². The molecular weight excluding hydrogens is 296 g/mol. The van der Waals surface area contributed by atoms with Crippen LogP contribution in [0.15, 0.2) is 0 Å². The predicted octanol–water partition coefficient (Wildman–Crippen LogP) is 0.403. The molecule has 0 aliphatic rings. The second-order valence-electron chi connectivity index (χ2n) is 4.25. The third-order valence-corrected chi connectivity index (χ3v) is 2.25. The quantitative estimate of drug-likeness (QED) is 0.738. The second-order valence-corrected chi connectivity index (χ2v) is 4.25. The number of hydrogen-bond donors (Lipinski definition) is 2. The lowest BCUT2D eigenvalue weighted by Gasteiger charge is -2.30. The summed E-state index contributed by atoms with van der Waals surface area (Å²) in [5.74, 6) is -2.89. The third kappa shape index (κ3) is 5.23. The van der Waals surface area contributed by atoms with Crippen LogP contribution >= 0.6 is 0 Å². The molecule has 0 aliphatic carbocycles. The fourth-order valence-electron chi connectivity index (χ4n) is 1.06. The maximum Gasteiger partial charge on any atom is 0.415 e. The van der Waals surface area contributed by atoms with Crippen molar-refractivity contribution >= 4 is 11.8 Å². The topological polar surface area (TPSA) is 75.4 Å². The first-order chi connectivity index (χ1) is 8.68. The van der Waals surface area contributed by atoms with Gasteiger partial charge in [0.15, 0.2) is 5.54 Å². The van der Waals surface area contributed by atoms with Gasteiger partial charge < -0.3 is 16.0 Å². The van der Waals surface area contributed by atoms with Gasteiger partial charge in [0.2, 0.25) is 5.91 Å². The van der Waals surface area contributed by atoms with Gasteiger partial charge in [0.25, 0.3) is 5.91 Å². The molecule has 0 fully saturated rings. The van der Waals surface area contributed by atoms with Gasteiger partial charge in [0.1, 0.15) is 6.54 Å². The van der Waals surface area contributed by atoms with Crippen LogP contribution in [0.2, 0.25) is 0 Å². The lowest BCUT2D eigenvalue weighted by atomic mass is 10.0. The first-order valence-corrected chi connectivity index (χ1v) is 5.13. The summed E-state index contributed by atoms with van der Waals surface area (Å²) < 4.78 is 72.8. The number of halogens is 6. The molecule has 0 spiro atoms. The molecule has 11 heteroatoms. The SMILES string of the molecule is CN(CC(=O)NCC(F)(F)F)C(=O)C(C)(N)C(F)(F)F. The van der Waals surface area contributed by atoms with Crippen LogP contribution in [0, 0.1) is 0 Å². The molecule has 1 unspecified atom stereocenters. The zero-order chi connectivity index (χ0) is 16.4. The first kappa shape index (κ1) is 18.5. The summed E-state index contributed by atoms with van der Waals surface area (Å²) in [5, 5.41) is 1.42. The highest BCUT2D eigenvalue weighted by Crippen LogP contribution is 2.29. The number of nitrogens with two attached hydrogens (primary N) is 1. The van der Waals surface area contributed by atoms with E-state index in [1.807, 2.05) is 0 Å². The van der Waals surface area contributed by atoms with Crippen molar-refractivity contribution in [1.29, 1.82) is 0 Å². The Labute approximate surface area is 110 Å². The normalized spacial score (nSPS) is 15.4. The van der Waals surface area contributed by atoms with E-state index in [0.717, 1.165) is 7.05 Å². The van der Waals surface area contributed by atoms with Gasteiger partial charge in [-0.05, 0) is 6.92 Å². The molecule has 0 heterocycles. The van der Waals surface area contributed by atoms with E-state index in [9.17, 15) is 35.9 Å². The number of carbonyl (C=O) groups is 2. The highest BCUT2D eigenvalue weighted by atomic mass is 19.4. The van der Waals surface area contributed by atoms with Gasteiger partial charge in [0, 0.05) is 7.05 Å². The first-order valence-electron chi connectivity index (χ1n) is 5.13. The fourth-order valence-corrected chi connectivity index (χ4v) is 1.06. The van der Waals surface area contributed by atoms with Crippen LogP contribution in [-0.4, -0.2) is 54.7 Å². The van der Waals surface area contributed by atoms with Crippen molar-refractivity contribution in [3.8, 4) is 0 Å². The zero-order valence-electron chi connectivity index (χ0n) is 10.5. The van der Waals surface area contributed by atoms with Gasteiger partial charge in [-0.3, -0.25) is 9.59 Å². The molecule has 0 aromatic carbocycles. The Hall–Kier alpha value is -1.52. The van der Waals surface area contributed by atoms with Crippen LogP contribution in [0.25, 0.3) is 0 Å². The van der Waals surface area contributed by atoms with Crippen molar-refractivity contribution in [2.75, 3.05) is 20.1 Å². The molecule has 5 nitrogen and oxygen atoms in total. The third-order valence-electron chi connectivity index (χ3n) is 2.25. The lowest BCUT2D eigenvalue weighted by molar-refractivity contribution is -0.193. The average Bonchev–Trinajstić information content (AvgIpc) is 2.22. The molecule has 0 aromatic rings. The fraction of sp³-hybridized carbons (Fsp3) is 0.778. The van der Waals surface area contributed by atoms with E-state index < -0.39 is 42.8 Å². The van der Waals surface area contributed by atoms with Crippen LogP contribution in [0.3, 0.4) is 0 Å². The van der Waals surface area contributed by atoms with E-state index >= 15 is 0 Å². The molecule has 3 N–H and O–H groups in total. The summed E-state index contributed by atoms with van der Waals surface area (Å²) in [6, 6.07) is 0. The molecule has 0 aromatic heterocycles. The van der Waals surface area contributed by atoms with Crippen molar-refractivity contribution in [2.45, 2.75) is 24.8 Å². The second kappa shape index (κ2) is 5.85. The van der Waals surface area contributed by atoms with E-state index in [-0.39, 0.29) is 0 Å². The molecule has 20 heavy (non-hydrogen) atoms. The Bertz CT molecular complexity index is 377. The van der Waals surface area contributed by atoms with E-state index in [2.05, 4.69) is 0 Å². The number of hydrogen-bond acceptors (Lipinski definition) is 3. The molecule has 1 atom stereocenters. The highest BCUT2D eigenvalue weighted by molar-refractivity contribution is 5.90. The molecule has 2 amide bonds. The van der Waals surface area contributed by atoms with Crippen molar-refractivity contribution < 1.29 is 35.9 Å². The summed E-state index contributed by atoms with van der Waals surface area (Å²) in [7, 11) is 0.826. The van der Waals surface area contributed by atoms with Crippen molar-refractivity contribution in [2.24, 2.45) is 5.73 Å². The Balaban J connectivity index is 4.59. The maximum atomic E-state index is 12.5. The molecule has 0 aliphatic heterocycles. The summed E-state index contributed by atoms with van der Waals surface area (Å²) in [5.41, 5.74) is 1.60. The zero-order valence-corrected chi connectivity index (χ0v) is 10.5. The Morgan fingerprint density at radius 2 is 1.60 bits per heavy atom. The number of likely N-dealkylation sites (N-methyl/N-ethyl adjacent to an activating group) is 1. The van der Waals surface area contributed by atoms with Gasteiger partial charge in [-0.25, -0.2) is 0 Å². The largest absolute Gasteiger partial charge is 0.415 e. The Morgan fingerprint density at radius 3 is 1.95 bits per heavy atom. The number of nitrogens with one attached hydrogen (secondary N) is 1. The number of nitrogens with zero attached hydrogens (tertiary/aromatic N) is 1. The van der Waals surface area contributed by atoms with Crippen molar-refractivity contribution in [1.82, 2.24) is 10.2 Å². The molecule has 118 valence electrons. The molecule has 0 saturated heterocycles. The van der Waals surface area contributed by atoms with Gasteiger partial charge in [-0.1, -0.05) is 0 Å². The van der Waals surface area contributed by atoms with Gasteiger partial charge in [-0.2, -0.15) is 26.3 Å². The standard InChI is InChI=1S/C9H13F6N3O2/c1-7(16,9(13,14)15)6(20)18(2)3-5(19)17-4-8(10,11)12/h3-4,16H2,1-2H3,(H,17,19). The van der Waals surface area contributed by atoms with E-state index in [0.29, 0.717) is 11.8 Å². The molecule has 0 radical (unpaired) electrons. The number of alkyl halides is 6. The van der Waals surface area contributed by atoms with Crippen LogP contribution in [0.5, 0.6) is 0 Å². The van der Waals surface area contributed by atoms with Gasteiger partial charge >= 0.3 is 12.4 Å². The number of rotatable bonds is 4. The maximum absolute atomic E-state index is 12.5. The molecular formula is C9H13F6N3O2. The van der Waals surface area contributed by atoms with Crippen LogP contribution in [0.4, 0.5) is 26.3 Å². The monoisotopic (exact) mass is 309 g/mol. The molecule has 0 rings (SSSR count). The minimum absolute atomic E-state index is 0.305. The Kier molecular flexibility index (Phi) is 5.41. The van der Waals surface area contributed by atoms with Gasteiger partial charge in [-0.15, -0.1) is 0 Å². The van der Waals surface area contributed by atoms with E-state index in [4.69, 9.17) is 5.73 Å². The minimum Gasteiger partial charge on any atom is -0.345 e. The van der Waals surface area contributed by atoms with Crippen molar-refractivity contribution in [3.63, 3.8) is 0 Å². The summed E-state index contributed by atoms with van der Waals surface area (Å²) >= 11 is 0. The molecule has 0 bridgehead atoms. The summed E-state index contributed by atoms with van der Waals surface area (Å²) in [6.45, 7) is -2.22. The van der Waals surface area contributed by atoms with Gasteiger partial charge in [0.05, 0.1) is 6.54 Å². The van der Waals surface area contributed by atoms with E-state index in [1.165, 1.54) is 5.32 Å². The number of carbonyl (C=O) groups excluding carboxylic acids is 2. The smallest absolute Gasteiger partial charge is 0.345 e. The average molecular weight is 309 g/mol. The minimum atomic E-state index is -5.05. The van der Waals surface area contributed by atoms with Crippen LogP contribution in [0.1, 0.15) is 6.92 Å². The van der Waals surface area contributed by atoms with E-state index in [1.54, 1.807) is 0 Å². The highest BCUT2D eigenvalue weighted by Gasteiger charge is 2.55. The predicted molar refractivity (Wildman–Crippen MR) is 55.3 cm³/mol. The van der Waals surface area contributed by atoms with Crippen LogP contribution < -0.4 is 11.1 Å².